The van der Waals surface area contributed by atoms with Crippen molar-refractivity contribution < 1.29 is 32.8 Å². The van der Waals surface area contributed by atoms with Crippen LogP contribution in [0.25, 0.3) is 22.1 Å². The minimum Gasteiger partial charge on any atom is -0.497 e. The first-order valence-electron chi connectivity index (χ1n) is 14.8. The number of benzene rings is 2. The minimum atomic E-state index is -1.38. The molecule has 2 atom stereocenters. The maximum atomic E-state index is 12.6. The SMILES string of the molecule is COc1ccc2[n-]c([S@@](=O)Cc3ncc(C)c(OC)c3C)nc2c1.COc1ccc2[n-]c([S@@](=O)Cc3ncc(C)c(OC)c3C)nc2c1.O.[Sr+2]. The normalized spacial score (nSPS) is 11.8. The van der Waals surface area contributed by atoms with E-state index in [1.807, 2.05) is 27.7 Å². The van der Waals surface area contributed by atoms with E-state index in [1.54, 1.807) is 77.2 Å². The fourth-order valence-electron chi connectivity index (χ4n) is 5.11. The summed E-state index contributed by atoms with van der Waals surface area (Å²) in [6, 6.07) is 10.8. The summed E-state index contributed by atoms with van der Waals surface area (Å²) in [4.78, 5) is 26.2. The van der Waals surface area contributed by atoms with Gasteiger partial charge in [-0.2, -0.15) is 0 Å². The number of rotatable bonds is 10. The van der Waals surface area contributed by atoms with Crippen molar-refractivity contribution in [1.29, 1.82) is 0 Å². The summed E-state index contributed by atoms with van der Waals surface area (Å²) in [6.07, 6.45) is 3.46. The molecule has 0 saturated heterocycles. The Morgan fingerprint density at radius 1 is 0.620 bits per heavy atom. The molecule has 2 aromatic carbocycles. The van der Waals surface area contributed by atoms with Gasteiger partial charge < -0.3 is 44.4 Å². The molecule has 6 rings (SSSR count). The van der Waals surface area contributed by atoms with Crippen molar-refractivity contribution in [1.82, 2.24) is 29.9 Å². The molecule has 260 valence electrons. The fourth-order valence-corrected chi connectivity index (χ4v) is 7.24. The Balaban J connectivity index is 0.000000260. The molecule has 0 aliphatic carbocycles. The number of hydrogen-bond donors (Lipinski definition) is 0. The van der Waals surface area contributed by atoms with Crippen molar-refractivity contribution >= 4 is 89.1 Å². The molecular weight excluding hydrogens is 756 g/mol. The second-order valence-corrected chi connectivity index (χ2v) is 13.5. The molecule has 6 aromatic rings. The van der Waals surface area contributed by atoms with Gasteiger partial charge in [-0.1, -0.05) is 12.1 Å². The molecule has 0 unspecified atom stereocenters. The van der Waals surface area contributed by atoms with Crippen LogP contribution in [-0.4, -0.2) is 108 Å². The average Bonchev–Trinajstić information content (AvgIpc) is 3.72. The number of ether oxygens (including phenoxy) is 4. The van der Waals surface area contributed by atoms with Gasteiger partial charge in [-0.3, -0.25) is 18.4 Å². The summed E-state index contributed by atoms with van der Waals surface area (Å²) in [5.74, 6) is 3.43. The zero-order valence-electron chi connectivity index (χ0n) is 29.2. The Morgan fingerprint density at radius 3 is 1.34 bits per heavy atom. The van der Waals surface area contributed by atoms with E-state index in [0.29, 0.717) is 43.9 Å². The summed E-state index contributed by atoms with van der Waals surface area (Å²) in [7, 11) is 3.66. The second kappa shape index (κ2) is 18.2. The van der Waals surface area contributed by atoms with E-state index in [4.69, 9.17) is 18.9 Å². The third-order valence-electron chi connectivity index (χ3n) is 7.67. The van der Waals surface area contributed by atoms with Crippen molar-refractivity contribution in [2.24, 2.45) is 0 Å². The van der Waals surface area contributed by atoms with Crippen molar-refractivity contribution in [2.75, 3.05) is 28.4 Å². The van der Waals surface area contributed by atoms with E-state index >= 15 is 0 Å². The van der Waals surface area contributed by atoms with Crippen LogP contribution in [0.15, 0.2) is 59.1 Å². The number of aryl methyl sites for hydroxylation is 2. The summed E-state index contributed by atoms with van der Waals surface area (Å²) in [5.41, 5.74) is 7.87. The number of aromatic nitrogens is 6. The maximum Gasteiger partial charge on any atom is 2.00 e. The van der Waals surface area contributed by atoms with Crippen molar-refractivity contribution in [3.05, 3.63) is 82.4 Å². The molecular formula is C34H38N6O7S2Sr. The first kappa shape index (κ1) is 41.0. The van der Waals surface area contributed by atoms with E-state index in [9.17, 15) is 8.42 Å². The Labute approximate surface area is 332 Å². The third-order valence-corrected chi connectivity index (χ3v) is 9.92. The summed E-state index contributed by atoms with van der Waals surface area (Å²) < 4.78 is 46.4. The van der Waals surface area contributed by atoms with E-state index in [-0.39, 0.29) is 62.5 Å². The Bertz CT molecular complexity index is 2000. The smallest absolute Gasteiger partial charge is 0.497 e. The first-order valence-corrected chi connectivity index (χ1v) is 17.4. The van der Waals surface area contributed by atoms with E-state index < -0.39 is 21.6 Å². The van der Waals surface area contributed by atoms with Crippen LogP contribution in [0.3, 0.4) is 0 Å². The number of imidazole rings is 2. The molecule has 0 amide bonds. The molecule has 0 aliphatic rings. The maximum absolute atomic E-state index is 12.6. The van der Waals surface area contributed by atoms with Crippen molar-refractivity contribution in [2.45, 2.75) is 49.5 Å². The van der Waals surface area contributed by atoms with E-state index in [0.717, 1.165) is 45.1 Å². The first-order chi connectivity index (χ1) is 23.1. The van der Waals surface area contributed by atoms with Crippen molar-refractivity contribution in [3.8, 4) is 23.0 Å². The molecule has 50 heavy (non-hydrogen) atoms. The number of pyridine rings is 2. The zero-order chi connectivity index (χ0) is 34.5. The van der Waals surface area contributed by atoms with Crippen LogP contribution < -0.4 is 28.9 Å². The molecule has 2 N–H and O–H groups in total. The van der Waals surface area contributed by atoms with Gasteiger partial charge in [0.2, 0.25) is 0 Å². The van der Waals surface area contributed by atoms with Gasteiger partial charge >= 0.3 is 45.5 Å². The molecule has 16 heteroatoms. The number of methoxy groups -OCH3 is 4. The predicted octanol–water partition coefficient (Wildman–Crippen LogP) is 3.85. The monoisotopic (exact) mass is 794 g/mol. The molecule has 0 spiro atoms. The topological polar surface area (TPSA) is 182 Å². The Kier molecular flexibility index (Phi) is 15.0. The average molecular weight is 794 g/mol. The van der Waals surface area contributed by atoms with Crippen LogP contribution >= 0.6 is 0 Å². The van der Waals surface area contributed by atoms with Crippen molar-refractivity contribution in [3.63, 3.8) is 0 Å². The van der Waals surface area contributed by atoms with Gasteiger partial charge in [0.1, 0.15) is 23.0 Å². The number of nitrogens with zero attached hydrogens (tertiary/aromatic N) is 6. The molecule has 4 aromatic heterocycles. The van der Waals surface area contributed by atoms with Crippen LogP contribution in [-0.2, 0) is 33.1 Å². The summed E-state index contributed by atoms with van der Waals surface area (Å²) in [5, 5.41) is 0.609. The minimum absolute atomic E-state index is 0. The van der Waals surface area contributed by atoms with Crippen LogP contribution in [0.2, 0.25) is 0 Å². The quantitative estimate of drug-likeness (QED) is 0.183. The Morgan fingerprint density at radius 2 is 1.00 bits per heavy atom. The second-order valence-electron chi connectivity index (χ2n) is 10.8. The van der Waals surface area contributed by atoms with Crippen LogP contribution in [0.4, 0.5) is 0 Å². The molecule has 0 bridgehead atoms. The molecule has 4 heterocycles. The van der Waals surface area contributed by atoms with Gasteiger partial charge in [0.25, 0.3) is 0 Å². The zero-order valence-corrected chi connectivity index (χ0v) is 34.3. The number of hydrogen-bond acceptors (Lipinski definition) is 10. The molecule has 0 saturated carbocycles. The molecule has 13 nitrogen and oxygen atoms in total. The van der Waals surface area contributed by atoms with Crippen LogP contribution in [0.1, 0.15) is 33.6 Å². The van der Waals surface area contributed by atoms with E-state index in [2.05, 4.69) is 29.9 Å². The standard InChI is InChI=1S/2C17H18N3O3S.H2O.Sr/c2*1-10-8-18-15(11(2)16(10)23-4)9-24(21)17-19-13-6-5-12(22-3)7-14(13)20-17;;/h2*5-8H,9H2,1-4H3;1H2;/q2*-1;;+2/t2*24-;;/m00../s1. The summed E-state index contributed by atoms with van der Waals surface area (Å²) in [6.45, 7) is 7.69. The Hall–Kier alpha value is -3.38. The third kappa shape index (κ3) is 9.09. The summed E-state index contributed by atoms with van der Waals surface area (Å²) >= 11 is 0. The molecule has 0 aliphatic heterocycles. The van der Waals surface area contributed by atoms with Gasteiger partial charge in [-0.15, -0.1) is 0 Å². The number of fused-ring (bicyclic) bond motifs is 2. The van der Waals surface area contributed by atoms with Gasteiger partial charge in [-0.25, -0.2) is 0 Å². The fraction of sp³-hybridized carbons (Fsp3) is 0.294. The molecule has 0 fully saturated rings. The predicted molar refractivity (Wildman–Crippen MR) is 193 cm³/mol. The van der Waals surface area contributed by atoms with Gasteiger partial charge in [0, 0.05) is 45.0 Å². The van der Waals surface area contributed by atoms with E-state index in [1.165, 1.54) is 0 Å². The largest absolute Gasteiger partial charge is 2.00 e. The van der Waals surface area contributed by atoms with Gasteiger partial charge in [0.05, 0.1) is 72.9 Å². The van der Waals surface area contributed by atoms with Gasteiger partial charge in [-0.05, 0) is 74.0 Å². The van der Waals surface area contributed by atoms with Crippen LogP contribution in [0, 0.1) is 27.7 Å². The van der Waals surface area contributed by atoms with Crippen LogP contribution in [0.5, 0.6) is 23.0 Å². The molecule has 0 radical (unpaired) electrons. The van der Waals surface area contributed by atoms with Gasteiger partial charge in [0.15, 0.2) is 0 Å².